The number of hydrogen-bond acceptors (Lipinski definition) is 3. The Hall–Kier alpha value is -1.71. The van der Waals surface area contributed by atoms with E-state index >= 15 is 0 Å². The summed E-state index contributed by atoms with van der Waals surface area (Å²) in [5.41, 5.74) is 2.24. The molecule has 2 aromatic rings. The maximum absolute atomic E-state index is 9.50. The van der Waals surface area contributed by atoms with Crippen molar-refractivity contribution in [3.8, 4) is 5.75 Å². The minimum absolute atomic E-state index is 0.199. The van der Waals surface area contributed by atoms with Gasteiger partial charge < -0.3 is 15.3 Å². The number of benzene rings is 2. The Bertz CT molecular complexity index is 588. The number of hydrogen-bond donors (Lipinski definition) is 2. The summed E-state index contributed by atoms with van der Waals surface area (Å²) in [5.74, 6) is 0.199. The number of nitrogens with zero attached hydrogens (tertiary/aromatic N) is 1. The molecule has 2 aromatic carbocycles. The summed E-state index contributed by atoms with van der Waals surface area (Å²) in [6.07, 6.45) is 0. The number of phenols is 1. The molecule has 3 rings (SSSR count). The zero-order chi connectivity index (χ0) is 13.9. The number of halogens is 1. The van der Waals surface area contributed by atoms with Gasteiger partial charge in [0, 0.05) is 25.7 Å². The Labute approximate surface area is 123 Å². The number of anilines is 1. The number of aromatic hydroxyl groups is 1. The number of piperazine rings is 1. The van der Waals surface area contributed by atoms with Crippen LogP contribution in [-0.2, 0) is 0 Å². The van der Waals surface area contributed by atoms with Crippen LogP contribution >= 0.6 is 11.6 Å². The first-order chi connectivity index (χ1) is 9.75. The van der Waals surface area contributed by atoms with Gasteiger partial charge in [-0.25, -0.2) is 0 Å². The molecule has 0 radical (unpaired) electrons. The molecule has 1 unspecified atom stereocenters. The topological polar surface area (TPSA) is 35.5 Å². The van der Waals surface area contributed by atoms with Crippen molar-refractivity contribution >= 4 is 17.3 Å². The van der Waals surface area contributed by atoms with Crippen LogP contribution in [0.5, 0.6) is 5.75 Å². The molecule has 1 saturated heterocycles. The fourth-order valence-corrected chi connectivity index (χ4v) is 2.98. The Morgan fingerprint density at radius 2 is 1.95 bits per heavy atom. The summed E-state index contributed by atoms with van der Waals surface area (Å²) < 4.78 is 0. The first-order valence-electron chi connectivity index (χ1n) is 6.76. The fourth-order valence-electron chi connectivity index (χ4n) is 2.69. The molecule has 3 nitrogen and oxygen atoms in total. The summed E-state index contributed by atoms with van der Waals surface area (Å²) >= 11 is 6.29. The van der Waals surface area contributed by atoms with E-state index < -0.39 is 0 Å². The van der Waals surface area contributed by atoms with Gasteiger partial charge >= 0.3 is 0 Å². The fraction of sp³-hybridized carbons (Fsp3) is 0.250. The molecule has 1 fully saturated rings. The van der Waals surface area contributed by atoms with Crippen LogP contribution < -0.4 is 10.2 Å². The van der Waals surface area contributed by atoms with Crippen LogP contribution in [0, 0.1) is 0 Å². The largest absolute Gasteiger partial charge is 0.508 e. The molecule has 0 bridgehead atoms. The maximum atomic E-state index is 9.50. The highest BCUT2D eigenvalue weighted by Gasteiger charge is 2.25. The van der Waals surface area contributed by atoms with Gasteiger partial charge in [-0.3, -0.25) is 0 Å². The second kappa shape index (κ2) is 5.73. The van der Waals surface area contributed by atoms with Gasteiger partial charge in [0.05, 0.1) is 16.8 Å². The molecule has 2 N–H and O–H groups in total. The van der Waals surface area contributed by atoms with Crippen molar-refractivity contribution in [2.45, 2.75) is 6.04 Å². The van der Waals surface area contributed by atoms with E-state index in [0.717, 1.165) is 25.3 Å². The molecule has 1 aliphatic heterocycles. The Morgan fingerprint density at radius 1 is 1.15 bits per heavy atom. The van der Waals surface area contributed by atoms with Crippen LogP contribution in [0.1, 0.15) is 11.6 Å². The lowest BCUT2D eigenvalue weighted by molar-refractivity contribution is 0.473. The molecule has 4 heteroatoms. The molecule has 0 amide bonds. The molecular formula is C16H17ClN2O. The van der Waals surface area contributed by atoms with Crippen LogP contribution in [0.4, 0.5) is 5.69 Å². The summed E-state index contributed by atoms with van der Waals surface area (Å²) in [6, 6.07) is 15.8. The lowest BCUT2D eigenvalue weighted by Crippen LogP contribution is -2.46. The third kappa shape index (κ3) is 2.60. The predicted octanol–water partition coefficient (Wildman–Crippen LogP) is 3.20. The van der Waals surface area contributed by atoms with Gasteiger partial charge in [0.1, 0.15) is 5.75 Å². The summed E-state index contributed by atoms with van der Waals surface area (Å²) in [4.78, 5) is 2.30. The van der Waals surface area contributed by atoms with E-state index in [2.05, 4.69) is 34.5 Å². The van der Waals surface area contributed by atoms with Gasteiger partial charge in [0.2, 0.25) is 0 Å². The van der Waals surface area contributed by atoms with Crippen molar-refractivity contribution in [2.24, 2.45) is 0 Å². The first kappa shape index (κ1) is 13.3. The van der Waals surface area contributed by atoms with Gasteiger partial charge in [0.25, 0.3) is 0 Å². The van der Waals surface area contributed by atoms with E-state index in [1.165, 1.54) is 5.56 Å². The van der Waals surface area contributed by atoms with Crippen molar-refractivity contribution < 1.29 is 5.11 Å². The Balaban J connectivity index is 1.97. The highest BCUT2D eigenvalue weighted by molar-refractivity contribution is 6.33. The monoisotopic (exact) mass is 288 g/mol. The number of rotatable bonds is 2. The van der Waals surface area contributed by atoms with E-state index in [1.807, 2.05) is 12.1 Å². The number of nitrogens with one attached hydrogen (secondary N) is 1. The Morgan fingerprint density at radius 3 is 2.70 bits per heavy atom. The molecule has 20 heavy (non-hydrogen) atoms. The van der Waals surface area contributed by atoms with Crippen molar-refractivity contribution in [3.63, 3.8) is 0 Å². The predicted molar refractivity (Wildman–Crippen MR) is 82.5 cm³/mol. The third-order valence-electron chi connectivity index (χ3n) is 3.67. The minimum Gasteiger partial charge on any atom is -0.508 e. The average molecular weight is 289 g/mol. The van der Waals surface area contributed by atoms with Gasteiger partial charge in [-0.15, -0.1) is 0 Å². The number of phenolic OH excluding ortho intramolecular Hbond substituents is 1. The van der Waals surface area contributed by atoms with Crippen molar-refractivity contribution in [3.05, 3.63) is 59.1 Å². The molecular weight excluding hydrogens is 272 g/mol. The standard InChI is InChI=1S/C16H17ClN2O/c17-14-10-13(20)6-7-15(14)19-9-8-18-11-16(19)12-4-2-1-3-5-12/h1-7,10,16,18,20H,8-9,11H2. The van der Waals surface area contributed by atoms with Crippen LogP contribution in [0.3, 0.4) is 0 Å². The van der Waals surface area contributed by atoms with Crippen LogP contribution in [0.25, 0.3) is 0 Å². The summed E-state index contributed by atoms with van der Waals surface area (Å²) in [6.45, 7) is 2.71. The molecule has 0 saturated carbocycles. The lowest BCUT2D eigenvalue weighted by atomic mass is 10.0. The molecule has 0 spiro atoms. The SMILES string of the molecule is Oc1ccc(N2CCNCC2c2ccccc2)c(Cl)c1. The van der Waals surface area contributed by atoms with Crippen molar-refractivity contribution in [1.82, 2.24) is 5.32 Å². The average Bonchev–Trinajstić information content (AvgIpc) is 2.48. The quantitative estimate of drug-likeness (QED) is 0.891. The van der Waals surface area contributed by atoms with Gasteiger partial charge in [0.15, 0.2) is 0 Å². The van der Waals surface area contributed by atoms with Crippen LogP contribution in [-0.4, -0.2) is 24.7 Å². The van der Waals surface area contributed by atoms with Crippen molar-refractivity contribution in [2.75, 3.05) is 24.5 Å². The Kier molecular flexibility index (Phi) is 3.81. The first-order valence-corrected chi connectivity index (χ1v) is 7.14. The van der Waals surface area contributed by atoms with Gasteiger partial charge in [-0.2, -0.15) is 0 Å². The molecule has 104 valence electrons. The van der Waals surface area contributed by atoms with E-state index in [0.29, 0.717) is 5.02 Å². The summed E-state index contributed by atoms with van der Waals surface area (Å²) in [7, 11) is 0. The second-order valence-electron chi connectivity index (χ2n) is 4.96. The zero-order valence-corrected chi connectivity index (χ0v) is 11.8. The molecule has 1 atom stereocenters. The van der Waals surface area contributed by atoms with Crippen LogP contribution in [0.2, 0.25) is 5.02 Å². The van der Waals surface area contributed by atoms with Gasteiger partial charge in [-0.05, 0) is 17.7 Å². The third-order valence-corrected chi connectivity index (χ3v) is 3.97. The smallest absolute Gasteiger partial charge is 0.117 e. The van der Waals surface area contributed by atoms with E-state index in [4.69, 9.17) is 11.6 Å². The lowest BCUT2D eigenvalue weighted by Gasteiger charge is -2.38. The summed E-state index contributed by atoms with van der Waals surface area (Å²) in [5, 5.41) is 13.5. The highest BCUT2D eigenvalue weighted by Crippen LogP contribution is 2.35. The zero-order valence-electron chi connectivity index (χ0n) is 11.1. The van der Waals surface area contributed by atoms with Crippen LogP contribution in [0.15, 0.2) is 48.5 Å². The van der Waals surface area contributed by atoms with Crippen molar-refractivity contribution in [1.29, 1.82) is 0 Å². The minimum atomic E-state index is 0.199. The maximum Gasteiger partial charge on any atom is 0.117 e. The molecule has 0 aromatic heterocycles. The molecule has 1 heterocycles. The van der Waals surface area contributed by atoms with Gasteiger partial charge in [-0.1, -0.05) is 41.9 Å². The highest BCUT2D eigenvalue weighted by atomic mass is 35.5. The van der Waals surface area contributed by atoms with E-state index in [1.54, 1.807) is 12.1 Å². The molecule has 1 aliphatic rings. The second-order valence-corrected chi connectivity index (χ2v) is 5.37. The normalized spacial score (nSPS) is 19.1. The van der Waals surface area contributed by atoms with E-state index in [9.17, 15) is 5.11 Å². The van der Waals surface area contributed by atoms with E-state index in [-0.39, 0.29) is 11.8 Å². The molecule has 0 aliphatic carbocycles.